The first-order valence-corrected chi connectivity index (χ1v) is 13.6. The van der Waals surface area contributed by atoms with Crippen LogP contribution in [0.4, 0.5) is 21.9 Å². The second-order valence-electron chi connectivity index (χ2n) is 9.21. The number of fused-ring (bicyclic) bond motifs is 1. The Kier molecular flexibility index (Phi) is 11.0. The highest BCUT2D eigenvalue weighted by atomic mass is 16.7. The first-order chi connectivity index (χ1) is 20.5. The molecule has 11 nitrogen and oxygen atoms in total. The average molecular weight is 578 g/mol. The van der Waals surface area contributed by atoms with Crippen LogP contribution in [0.2, 0.25) is 0 Å². The quantitative estimate of drug-likeness (QED) is 0.153. The number of aliphatic hydroxyl groups is 1. The Balaban J connectivity index is 1.47. The Morgan fingerprint density at radius 3 is 2.69 bits per heavy atom. The minimum Gasteiger partial charge on any atom is -0.491 e. The van der Waals surface area contributed by atoms with E-state index in [0.717, 1.165) is 0 Å². The smallest absolute Gasteiger partial charge is 0.412 e. The minimum absolute atomic E-state index is 0.118. The number of amides is 2. The molecule has 1 aliphatic heterocycles. The molecule has 0 saturated carbocycles. The highest BCUT2D eigenvalue weighted by Crippen LogP contribution is 2.35. The van der Waals surface area contributed by atoms with Crippen LogP contribution in [0.5, 0.6) is 17.2 Å². The number of allylic oxidation sites excluding steroid dienone is 1. The fourth-order valence-electron chi connectivity index (χ4n) is 4.31. The van der Waals surface area contributed by atoms with Gasteiger partial charge in [-0.2, -0.15) is 0 Å². The Hall–Kier alpha value is -4.74. The maximum absolute atomic E-state index is 13.1. The van der Waals surface area contributed by atoms with Crippen molar-refractivity contribution in [3.63, 3.8) is 0 Å². The molecule has 0 aliphatic carbocycles. The topological polar surface area (TPSA) is 151 Å². The van der Waals surface area contributed by atoms with E-state index in [9.17, 15) is 9.59 Å². The third-order valence-corrected chi connectivity index (χ3v) is 6.22. The van der Waals surface area contributed by atoms with Gasteiger partial charge in [0.25, 0.3) is 0 Å². The number of carbonyl (C=O) groups is 2. The van der Waals surface area contributed by atoms with Crippen LogP contribution in [0.3, 0.4) is 0 Å². The molecule has 1 aliphatic rings. The fourth-order valence-corrected chi connectivity index (χ4v) is 4.31. The number of hydrogen-bond donors (Lipinski definition) is 4. The minimum atomic E-state index is -0.817. The van der Waals surface area contributed by atoms with Crippen molar-refractivity contribution in [2.24, 2.45) is 0 Å². The zero-order valence-corrected chi connectivity index (χ0v) is 23.3. The SMILES string of the molecule is CCO[C@@H](CC/C=C/C(=O)Nc1ccccc1N)[C@@H](OC(=O)Nc1ccc2c(c1)OCO2)c1cccc(OCCO)c1. The van der Waals surface area contributed by atoms with Gasteiger partial charge < -0.3 is 39.8 Å². The zero-order chi connectivity index (χ0) is 29.7. The number of carbonyl (C=O) groups excluding carboxylic acids is 2. The molecular weight excluding hydrogens is 542 g/mol. The van der Waals surface area contributed by atoms with E-state index < -0.39 is 18.3 Å². The maximum atomic E-state index is 13.1. The monoisotopic (exact) mass is 577 g/mol. The van der Waals surface area contributed by atoms with Gasteiger partial charge in [-0.15, -0.1) is 0 Å². The van der Waals surface area contributed by atoms with Crippen LogP contribution in [0.25, 0.3) is 0 Å². The molecule has 0 saturated heterocycles. The molecular formula is C31H35N3O8. The molecule has 5 N–H and O–H groups in total. The van der Waals surface area contributed by atoms with E-state index in [0.29, 0.717) is 59.3 Å². The summed E-state index contributed by atoms with van der Waals surface area (Å²) in [6, 6.07) is 19.1. The molecule has 3 aromatic carbocycles. The van der Waals surface area contributed by atoms with Crippen LogP contribution in [0.1, 0.15) is 31.4 Å². The second-order valence-corrected chi connectivity index (χ2v) is 9.21. The second kappa shape index (κ2) is 15.3. The van der Waals surface area contributed by atoms with Crippen molar-refractivity contribution in [1.29, 1.82) is 0 Å². The first kappa shape index (κ1) is 30.2. The highest BCUT2D eigenvalue weighted by Gasteiger charge is 2.28. The summed E-state index contributed by atoms with van der Waals surface area (Å²) in [6.45, 7) is 2.32. The lowest BCUT2D eigenvalue weighted by atomic mass is 10.00. The molecule has 2 atom stereocenters. The number of hydrogen-bond acceptors (Lipinski definition) is 9. The van der Waals surface area contributed by atoms with Crippen molar-refractivity contribution < 1.29 is 38.4 Å². The lowest BCUT2D eigenvalue weighted by Crippen LogP contribution is -2.29. The summed E-state index contributed by atoms with van der Waals surface area (Å²) in [4.78, 5) is 25.5. The van der Waals surface area contributed by atoms with Gasteiger partial charge in [0.2, 0.25) is 12.7 Å². The van der Waals surface area contributed by atoms with Gasteiger partial charge in [0.05, 0.1) is 24.1 Å². The molecule has 222 valence electrons. The Bertz CT molecular complexity index is 1380. The lowest BCUT2D eigenvalue weighted by Gasteiger charge is -2.27. The van der Waals surface area contributed by atoms with Crippen molar-refractivity contribution in [2.45, 2.75) is 32.0 Å². The summed E-state index contributed by atoms with van der Waals surface area (Å²) in [5.74, 6) is 1.32. The van der Waals surface area contributed by atoms with Gasteiger partial charge in [-0.1, -0.05) is 30.3 Å². The zero-order valence-electron chi connectivity index (χ0n) is 23.3. The Labute approximate surface area is 244 Å². The molecule has 1 heterocycles. The number of anilines is 3. The third kappa shape index (κ3) is 8.63. The normalized spacial score (nSPS) is 13.4. The predicted molar refractivity (Wildman–Crippen MR) is 158 cm³/mol. The third-order valence-electron chi connectivity index (χ3n) is 6.22. The summed E-state index contributed by atoms with van der Waals surface area (Å²) < 4.78 is 28.3. The van der Waals surface area contributed by atoms with Gasteiger partial charge in [0.1, 0.15) is 12.4 Å². The van der Waals surface area contributed by atoms with Gasteiger partial charge in [0, 0.05) is 18.4 Å². The van der Waals surface area contributed by atoms with Crippen molar-refractivity contribution in [2.75, 3.05) is 43.0 Å². The van der Waals surface area contributed by atoms with E-state index in [4.69, 9.17) is 34.5 Å². The van der Waals surface area contributed by atoms with Crippen molar-refractivity contribution >= 4 is 29.1 Å². The first-order valence-electron chi connectivity index (χ1n) is 13.6. The van der Waals surface area contributed by atoms with E-state index in [2.05, 4.69) is 10.6 Å². The molecule has 4 rings (SSSR count). The molecule has 11 heteroatoms. The molecule has 0 radical (unpaired) electrons. The van der Waals surface area contributed by atoms with E-state index in [-0.39, 0.29) is 25.9 Å². The van der Waals surface area contributed by atoms with Gasteiger partial charge >= 0.3 is 6.09 Å². The summed E-state index contributed by atoms with van der Waals surface area (Å²) in [5.41, 5.74) is 8.02. The van der Waals surface area contributed by atoms with E-state index in [1.54, 1.807) is 66.7 Å². The predicted octanol–water partition coefficient (Wildman–Crippen LogP) is 5.04. The van der Waals surface area contributed by atoms with Crippen LogP contribution in [0.15, 0.2) is 78.9 Å². The number of nitrogens with one attached hydrogen (secondary N) is 2. The standard InChI is InChI=1S/C31H35N3O8/c1-2-38-27(12-5-6-13-29(36)34-25-11-4-3-10-24(25)32)30(21-8-7-9-23(18-21)39-17-16-35)42-31(37)33-22-14-15-26-28(19-22)41-20-40-26/h3-4,6-11,13-15,18-19,27,30,35H,2,5,12,16-17,20,32H2,1H3,(H,33,37)(H,34,36)/b13-6+/t27-,30-/m0/s1. The van der Waals surface area contributed by atoms with Crippen molar-refractivity contribution in [1.82, 2.24) is 0 Å². The number of nitrogen functional groups attached to an aromatic ring is 1. The number of nitrogens with two attached hydrogens (primary N) is 1. The van der Waals surface area contributed by atoms with Crippen LogP contribution < -0.4 is 30.6 Å². The highest BCUT2D eigenvalue weighted by molar-refractivity contribution is 6.01. The number of ether oxygens (including phenoxy) is 5. The van der Waals surface area contributed by atoms with Crippen LogP contribution in [-0.2, 0) is 14.3 Å². The molecule has 2 amide bonds. The lowest BCUT2D eigenvalue weighted by molar-refractivity contribution is -0.111. The molecule has 0 aromatic heterocycles. The molecule has 0 fully saturated rings. The Morgan fingerprint density at radius 1 is 1.05 bits per heavy atom. The number of rotatable bonds is 14. The molecule has 0 unspecified atom stereocenters. The fraction of sp³-hybridized carbons (Fsp3) is 0.290. The number of para-hydroxylation sites is 2. The number of benzene rings is 3. The maximum Gasteiger partial charge on any atom is 0.412 e. The van der Waals surface area contributed by atoms with Gasteiger partial charge in [-0.25, -0.2) is 4.79 Å². The molecule has 0 bridgehead atoms. The van der Waals surface area contributed by atoms with E-state index >= 15 is 0 Å². The van der Waals surface area contributed by atoms with Gasteiger partial charge in [0.15, 0.2) is 17.6 Å². The molecule has 42 heavy (non-hydrogen) atoms. The summed E-state index contributed by atoms with van der Waals surface area (Å²) in [7, 11) is 0. The van der Waals surface area contributed by atoms with Crippen LogP contribution in [-0.4, -0.2) is 49.8 Å². The largest absolute Gasteiger partial charge is 0.491 e. The number of aliphatic hydroxyl groups excluding tert-OH is 1. The molecule has 0 spiro atoms. The Morgan fingerprint density at radius 2 is 1.88 bits per heavy atom. The van der Waals surface area contributed by atoms with Crippen molar-refractivity contribution in [3.05, 3.63) is 84.4 Å². The van der Waals surface area contributed by atoms with Gasteiger partial charge in [-0.05, 0) is 67.8 Å². The van der Waals surface area contributed by atoms with Gasteiger partial charge in [-0.3, -0.25) is 10.1 Å². The summed E-state index contributed by atoms with van der Waals surface area (Å²) in [6.07, 6.45) is 2.00. The van der Waals surface area contributed by atoms with E-state index in [1.807, 2.05) is 13.0 Å². The average Bonchev–Trinajstić information content (AvgIpc) is 3.46. The van der Waals surface area contributed by atoms with Crippen molar-refractivity contribution in [3.8, 4) is 17.2 Å². The van der Waals surface area contributed by atoms with Crippen LogP contribution in [0, 0.1) is 0 Å². The van der Waals surface area contributed by atoms with Crippen LogP contribution >= 0.6 is 0 Å². The summed E-state index contributed by atoms with van der Waals surface area (Å²) >= 11 is 0. The van der Waals surface area contributed by atoms with E-state index in [1.165, 1.54) is 6.08 Å². The summed E-state index contributed by atoms with van der Waals surface area (Å²) in [5, 5.41) is 14.6. The molecule has 3 aromatic rings.